The average molecular weight is 449 g/mol. The van der Waals surface area contributed by atoms with Crippen molar-refractivity contribution in [1.82, 2.24) is 20.2 Å². The molecule has 3 heterocycles. The van der Waals surface area contributed by atoms with E-state index in [1.807, 2.05) is 41.7 Å². The molecule has 0 saturated carbocycles. The second-order valence-corrected chi connectivity index (χ2v) is 9.85. The minimum Gasteiger partial charge on any atom is -0.337 e. The summed E-state index contributed by atoms with van der Waals surface area (Å²) < 4.78 is 0. The molecule has 0 fully saturated rings. The third-order valence-corrected chi connectivity index (χ3v) is 8.36. The number of nitrogens with zero attached hydrogens (tertiary/aromatic N) is 2. The zero-order valence-electron chi connectivity index (χ0n) is 16.8. The molecule has 4 aromatic carbocycles. The van der Waals surface area contributed by atoms with Gasteiger partial charge in [-0.25, -0.2) is 4.98 Å². The summed E-state index contributed by atoms with van der Waals surface area (Å²) in [4.78, 5) is 13.6. The van der Waals surface area contributed by atoms with Crippen LogP contribution in [0.25, 0.3) is 44.6 Å². The molecule has 152 valence electrons. The molecule has 0 radical (unpaired) electrons. The molecule has 0 unspecified atom stereocenters. The minimum absolute atomic E-state index is 0.781. The van der Waals surface area contributed by atoms with Gasteiger partial charge >= 0.3 is 0 Å². The molecule has 6 heteroatoms. The van der Waals surface area contributed by atoms with Crippen LogP contribution >= 0.6 is 23.5 Å². The van der Waals surface area contributed by atoms with E-state index in [-0.39, 0.29) is 0 Å². The fraction of sp³-hybridized carbons (Fsp3) is 0. The molecule has 0 spiro atoms. The normalized spacial score (nSPS) is 12.8. The Kier molecular flexibility index (Phi) is 3.97. The van der Waals surface area contributed by atoms with Crippen LogP contribution in [0.1, 0.15) is 0 Å². The third kappa shape index (κ3) is 2.80. The lowest BCUT2D eigenvalue weighted by atomic mass is 10.1. The molecule has 2 aromatic heterocycles. The van der Waals surface area contributed by atoms with Crippen LogP contribution in [0.15, 0.2) is 105 Å². The van der Waals surface area contributed by atoms with Crippen LogP contribution in [-0.2, 0) is 0 Å². The summed E-state index contributed by atoms with van der Waals surface area (Å²) in [6, 6.07) is 29.7. The van der Waals surface area contributed by atoms with E-state index in [0.29, 0.717) is 0 Å². The maximum Gasteiger partial charge on any atom is 0.159 e. The van der Waals surface area contributed by atoms with E-state index in [2.05, 4.69) is 81.9 Å². The van der Waals surface area contributed by atoms with Crippen LogP contribution in [-0.4, -0.2) is 20.2 Å². The van der Waals surface area contributed by atoms with Gasteiger partial charge in [0.1, 0.15) is 5.69 Å². The molecule has 1 aliphatic rings. The van der Waals surface area contributed by atoms with Gasteiger partial charge in [0.05, 0.1) is 16.6 Å². The van der Waals surface area contributed by atoms with Gasteiger partial charge in [0.2, 0.25) is 0 Å². The van der Waals surface area contributed by atoms with Crippen LogP contribution in [0.5, 0.6) is 0 Å². The van der Waals surface area contributed by atoms with E-state index in [1.54, 1.807) is 0 Å². The van der Waals surface area contributed by atoms with E-state index in [0.717, 1.165) is 33.5 Å². The van der Waals surface area contributed by atoms with E-state index < -0.39 is 0 Å². The Morgan fingerprint density at radius 2 is 1.50 bits per heavy atom. The summed E-state index contributed by atoms with van der Waals surface area (Å²) in [6.07, 6.45) is 0. The first kappa shape index (κ1) is 18.1. The first-order valence-electron chi connectivity index (χ1n) is 10.3. The predicted octanol–water partition coefficient (Wildman–Crippen LogP) is 7.39. The van der Waals surface area contributed by atoms with Crippen LogP contribution in [0.2, 0.25) is 0 Å². The Labute approximate surface area is 192 Å². The summed E-state index contributed by atoms with van der Waals surface area (Å²) in [6.45, 7) is 0. The maximum absolute atomic E-state index is 4.81. The van der Waals surface area contributed by atoms with Crippen molar-refractivity contribution in [2.24, 2.45) is 0 Å². The van der Waals surface area contributed by atoms with Crippen molar-refractivity contribution in [3.05, 3.63) is 84.9 Å². The molecule has 4 nitrogen and oxygen atoms in total. The van der Waals surface area contributed by atoms with Gasteiger partial charge in [0.25, 0.3) is 0 Å². The summed E-state index contributed by atoms with van der Waals surface area (Å²) in [5, 5.41) is 8.66. The van der Waals surface area contributed by atoms with Crippen LogP contribution in [0.3, 0.4) is 0 Å². The second kappa shape index (κ2) is 7.02. The van der Waals surface area contributed by atoms with Gasteiger partial charge in [0.15, 0.2) is 5.82 Å². The van der Waals surface area contributed by atoms with Crippen LogP contribution < -0.4 is 0 Å². The van der Waals surface area contributed by atoms with E-state index >= 15 is 0 Å². The number of aromatic nitrogens is 4. The molecule has 2 N–H and O–H groups in total. The maximum atomic E-state index is 4.81. The zero-order valence-corrected chi connectivity index (χ0v) is 18.4. The smallest absolute Gasteiger partial charge is 0.159 e. The molecule has 1 aliphatic heterocycles. The summed E-state index contributed by atoms with van der Waals surface area (Å²) in [7, 11) is 0. The molecular weight excluding hydrogens is 432 g/mol. The molecule has 0 saturated heterocycles. The van der Waals surface area contributed by atoms with Crippen molar-refractivity contribution in [3.63, 3.8) is 0 Å². The molecule has 0 aliphatic carbocycles. The SMILES string of the molecule is c1ccc2c(c1)Sc1cccc(-c3ccc4nc(-c5n[nH]c6ccccc56)[nH]c4c3)c1S2. The molecule has 0 bridgehead atoms. The first-order valence-corrected chi connectivity index (χ1v) is 12.0. The molecule has 0 atom stereocenters. The highest BCUT2D eigenvalue weighted by Gasteiger charge is 2.20. The largest absolute Gasteiger partial charge is 0.337 e. The van der Waals surface area contributed by atoms with Crippen LogP contribution in [0.4, 0.5) is 0 Å². The molecule has 32 heavy (non-hydrogen) atoms. The predicted molar refractivity (Wildman–Crippen MR) is 131 cm³/mol. The average Bonchev–Trinajstić information content (AvgIpc) is 3.45. The number of fused-ring (bicyclic) bond motifs is 4. The summed E-state index contributed by atoms with van der Waals surface area (Å²) in [5.74, 6) is 0.781. The lowest BCUT2D eigenvalue weighted by Crippen LogP contribution is -1.92. The van der Waals surface area contributed by atoms with Crippen molar-refractivity contribution in [3.8, 4) is 22.6 Å². The van der Waals surface area contributed by atoms with E-state index in [4.69, 9.17) is 4.98 Å². The van der Waals surface area contributed by atoms with Gasteiger partial charge in [0, 0.05) is 25.0 Å². The number of nitrogens with one attached hydrogen (secondary N) is 2. The Morgan fingerprint density at radius 3 is 2.44 bits per heavy atom. The topological polar surface area (TPSA) is 57.4 Å². The van der Waals surface area contributed by atoms with Gasteiger partial charge < -0.3 is 4.98 Å². The Hall–Kier alpha value is -3.48. The van der Waals surface area contributed by atoms with Gasteiger partial charge in [-0.2, -0.15) is 5.10 Å². The number of hydrogen-bond donors (Lipinski definition) is 2. The lowest BCUT2D eigenvalue weighted by Gasteiger charge is -2.21. The van der Waals surface area contributed by atoms with Gasteiger partial charge in [-0.3, -0.25) is 5.10 Å². The second-order valence-electron chi connectivity index (χ2n) is 7.72. The fourth-order valence-corrected chi connectivity index (χ4v) is 6.61. The van der Waals surface area contributed by atoms with Crippen LogP contribution in [0, 0.1) is 0 Å². The van der Waals surface area contributed by atoms with Gasteiger partial charge in [-0.1, -0.05) is 72.1 Å². The lowest BCUT2D eigenvalue weighted by molar-refractivity contribution is 1.11. The summed E-state index contributed by atoms with van der Waals surface area (Å²) in [5.41, 5.74) is 6.24. The fourth-order valence-electron chi connectivity index (χ4n) is 4.21. The van der Waals surface area contributed by atoms with E-state index in [1.165, 1.54) is 30.7 Å². The van der Waals surface area contributed by atoms with Crippen molar-refractivity contribution in [2.45, 2.75) is 19.6 Å². The standard InChI is InChI=1S/C26H16N4S2/c1-2-8-18-17(6-1)24(30-29-18)26-27-19-13-12-15(14-20(19)28-26)16-7-5-11-23-25(16)32-22-10-4-3-9-21(22)31-23/h1-14H,(H,27,28)(H,29,30). The number of H-pyrrole nitrogens is 2. The Bertz CT molecular complexity index is 1650. The van der Waals surface area contributed by atoms with Crippen molar-refractivity contribution in [2.75, 3.05) is 0 Å². The molecule has 7 rings (SSSR count). The molecule has 6 aromatic rings. The highest BCUT2D eigenvalue weighted by molar-refractivity contribution is 8.05. The monoisotopic (exact) mass is 448 g/mol. The molecular formula is C26H16N4S2. The van der Waals surface area contributed by atoms with Gasteiger partial charge in [-0.15, -0.1) is 0 Å². The zero-order chi connectivity index (χ0) is 21.1. The summed E-state index contributed by atoms with van der Waals surface area (Å²) >= 11 is 3.70. The Morgan fingerprint density at radius 1 is 0.688 bits per heavy atom. The first-order chi connectivity index (χ1) is 15.8. The van der Waals surface area contributed by atoms with Gasteiger partial charge in [-0.05, 0) is 47.5 Å². The van der Waals surface area contributed by atoms with Crippen molar-refractivity contribution >= 4 is 45.5 Å². The number of para-hydroxylation sites is 1. The highest BCUT2D eigenvalue weighted by Crippen LogP contribution is 2.51. The quantitative estimate of drug-likeness (QED) is 0.289. The minimum atomic E-state index is 0.781. The molecule has 0 amide bonds. The number of rotatable bonds is 2. The Balaban J connectivity index is 1.33. The third-order valence-electron chi connectivity index (χ3n) is 5.75. The number of imidazole rings is 1. The van der Waals surface area contributed by atoms with E-state index in [9.17, 15) is 0 Å². The highest BCUT2D eigenvalue weighted by atomic mass is 32.2. The number of benzene rings is 4. The number of hydrogen-bond acceptors (Lipinski definition) is 4. The van der Waals surface area contributed by atoms with Crippen molar-refractivity contribution in [1.29, 1.82) is 0 Å². The number of aromatic amines is 2. The van der Waals surface area contributed by atoms with Crippen molar-refractivity contribution < 1.29 is 0 Å².